The van der Waals surface area contributed by atoms with Crippen LogP contribution < -0.4 is 9.64 Å². The number of nitriles is 1. The van der Waals surface area contributed by atoms with Crippen molar-refractivity contribution in [3.63, 3.8) is 0 Å². The van der Waals surface area contributed by atoms with Gasteiger partial charge in [0.1, 0.15) is 35.8 Å². The number of carbonyl (C=O) groups is 1. The van der Waals surface area contributed by atoms with Crippen molar-refractivity contribution >= 4 is 11.7 Å². The van der Waals surface area contributed by atoms with Crippen LogP contribution in [-0.4, -0.2) is 52.2 Å². The Morgan fingerprint density at radius 3 is 2.86 bits per heavy atom. The van der Waals surface area contributed by atoms with Gasteiger partial charge in [0, 0.05) is 44.0 Å². The first-order chi connectivity index (χ1) is 14.1. The van der Waals surface area contributed by atoms with Crippen LogP contribution in [0, 0.1) is 11.3 Å². The first-order valence-corrected chi connectivity index (χ1v) is 9.80. The minimum absolute atomic E-state index is 0.0760. The number of aromatic nitrogens is 2. The fourth-order valence-electron chi connectivity index (χ4n) is 4.59. The van der Waals surface area contributed by atoms with Crippen molar-refractivity contribution in [2.24, 2.45) is 0 Å². The van der Waals surface area contributed by atoms with Crippen LogP contribution in [0.25, 0.3) is 0 Å². The van der Waals surface area contributed by atoms with E-state index in [-0.39, 0.29) is 30.7 Å². The van der Waals surface area contributed by atoms with E-state index in [1.807, 2.05) is 35.2 Å². The molecule has 2 fully saturated rings. The summed E-state index contributed by atoms with van der Waals surface area (Å²) in [5, 5.41) is 9.00. The lowest BCUT2D eigenvalue weighted by molar-refractivity contribution is -0.146. The maximum absolute atomic E-state index is 15.7. The van der Waals surface area contributed by atoms with Gasteiger partial charge in [0.2, 0.25) is 0 Å². The highest BCUT2D eigenvalue weighted by Crippen LogP contribution is 2.45. The molecule has 7 nitrogen and oxygen atoms in total. The molecule has 3 aliphatic heterocycles. The van der Waals surface area contributed by atoms with Gasteiger partial charge in [-0.15, -0.1) is 0 Å². The van der Waals surface area contributed by atoms with Gasteiger partial charge in [0.25, 0.3) is 5.91 Å². The number of carbonyl (C=O) groups excluding carboxylic acids is 1. The zero-order valence-electron chi connectivity index (χ0n) is 15.8. The highest BCUT2D eigenvalue weighted by molar-refractivity contribution is 5.86. The van der Waals surface area contributed by atoms with Crippen molar-refractivity contribution in [1.82, 2.24) is 14.9 Å². The third kappa shape index (κ3) is 2.97. The van der Waals surface area contributed by atoms with E-state index in [1.54, 1.807) is 11.0 Å². The van der Waals surface area contributed by atoms with Crippen molar-refractivity contribution in [2.45, 2.75) is 37.1 Å². The number of likely N-dealkylation sites (tertiary alicyclic amines) is 1. The maximum atomic E-state index is 15.7. The molecule has 8 heteroatoms. The largest absolute Gasteiger partial charge is 0.488 e. The number of benzene rings is 1. The van der Waals surface area contributed by atoms with Crippen molar-refractivity contribution < 1.29 is 13.9 Å². The average molecular weight is 393 g/mol. The normalized spacial score (nSPS) is 24.4. The third-order valence-electron chi connectivity index (χ3n) is 6.13. The molecule has 148 valence electrons. The van der Waals surface area contributed by atoms with Crippen LogP contribution >= 0.6 is 0 Å². The zero-order chi connectivity index (χ0) is 20.0. The number of fused-ring (bicyclic) bond motifs is 4. The molecule has 2 saturated heterocycles. The molecule has 1 aromatic carbocycles. The summed E-state index contributed by atoms with van der Waals surface area (Å²) in [5.41, 5.74) is -0.666. The molecule has 2 bridgehead atoms. The van der Waals surface area contributed by atoms with Crippen LogP contribution in [0.15, 0.2) is 36.7 Å². The lowest BCUT2D eigenvalue weighted by Crippen LogP contribution is -2.52. The van der Waals surface area contributed by atoms with Crippen LogP contribution in [-0.2, 0) is 4.79 Å². The van der Waals surface area contributed by atoms with Gasteiger partial charge in [-0.3, -0.25) is 4.79 Å². The van der Waals surface area contributed by atoms with Crippen molar-refractivity contribution in [1.29, 1.82) is 5.26 Å². The summed E-state index contributed by atoms with van der Waals surface area (Å²) in [6, 6.07) is 11.1. The van der Waals surface area contributed by atoms with E-state index in [0.717, 1.165) is 11.3 Å². The number of ether oxygens (including phenoxy) is 1. The first-order valence-electron chi connectivity index (χ1n) is 9.80. The fraction of sp³-hybridized carbons (Fsp3) is 0.429. The zero-order valence-corrected chi connectivity index (χ0v) is 15.8. The highest BCUT2D eigenvalue weighted by atomic mass is 19.1. The van der Waals surface area contributed by atoms with E-state index >= 15 is 4.39 Å². The van der Waals surface area contributed by atoms with Crippen LogP contribution in [0.2, 0.25) is 0 Å². The first kappa shape index (κ1) is 17.9. The van der Waals surface area contributed by atoms with Crippen molar-refractivity contribution in [2.75, 3.05) is 24.5 Å². The highest BCUT2D eigenvalue weighted by Gasteiger charge is 2.50. The standard InChI is InChI=1S/C21H20FN5O2/c22-21(5-7-26(8-6-21)19-9-14(11-23)24-13-25-19)20(28)27-12-15-10-17(27)16-3-1-2-4-18(16)29-15/h1-4,9,13,15,17H,5-8,10,12H2/t15-,17-/m0/s1. The Labute approximate surface area is 167 Å². The molecule has 1 aromatic heterocycles. The molecule has 5 rings (SSSR count). The van der Waals surface area contributed by atoms with E-state index in [0.29, 0.717) is 31.9 Å². The number of para-hydroxylation sites is 1. The molecule has 29 heavy (non-hydrogen) atoms. The summed E-state index contributed by atoms with van der Waals surface area (Å²) in [4.78, 5) is 24.8. The van der Waals surface area contributed by atoms with Crippen molar-refractivity contribution in [3.8, 4) is 11.8 Å². The van der Waals surface area contributed by atoms with Gasteiger partial charge in [-0.1, -0.05) is 18.2 Å². The second-order valence-electron chi connectivity index (χ2n) is 7.81. The smallest absolute Gasteiger partial charge is 0.261 e. The Morgan fingerprint density at radius 2 is 2.07 bits per heavy atom. The van der Waals surface area contributed by atoms with Crippen molar-refractivity contribution in [3.05, 3.63) is 47.9 Å². The number of hydrogen-bond acceptors (Lipinski definition) is 6. The van der Waals surface area contributed by atoms with Gasteiger partial charge < -0.3 is 14.5 Å². The van der Waals surface area contributed by atoms with Gasteiger partial charge in [0.05, 0.1) is 12.6 Å². The molecule has 2 atom stereocenters. The van der Waals surface area contributed by atoms with Crippen LogP contribution in [0.4, 0.5) is 10.2 Å². The number of rotatable bonds is 2. The summed E-state index contributed by atoms with van der Waals surface area (Å²) in [7, 11) is 0. The van der Waals surface area contributed by atoms with Gasteiger partial charge in [-0.05, 0) is 6.07 Å². The van der Waals surface area contributed by atoms with E-state index < -0.39 is 11.6 Å². The molecule has 1 amide bonds. The molecule has 0 radical (unpaired) electrons. The Kier molecular flexibility index (Phi) is 4.12. The lowest BCUT2D eigenvalue weighted by atomic mass is 9.90. The minimum atomic E-state index is -1.89. The second-order valence-corrected chi connectivity index (χ2v) is 7.81. The number of amides is 1. The summed E-state index contributed by atoms with van der Waals surface area (Å²) < 4.78 is 21.7. The quantitative estimate of drug-likeness (QED) is 0.779. The maximum Gasteiger partial charge on any atom is 0.261 e. The molecule has 0 saturated carbocycles. The topological polar surface area (TPSA) is 82.4 Å². The average Bonchev–Trinajstić information content (AvgIpc) is 3.11. The number of halogens is 1. The minimum Gasteiger partial charge on any atom is -0.488 e. The summed E-state index contributed by atoms with van der Waals surface area (Å²) in [6.07, 6.45) is 2.15. The number of anilines is 1. The third-order valence-corrected chi connectivity index (χ3v) is 6.13. The summed E-state index contributed by atoms with van der Waals surface area (Å²) >= 11 is 0. The molecule has 3 aliphatic rings. The SMILES string of the molecule is N#Cc1cc(N2CCC(F)(C(=O)N3C[C@@H]4C[C@H]3c3ccccc3O4)CC2)ncn1. The molecule has 2 aromatic rings. The predicted octanol–water partition coefficient (Wildman–Crippen LogP) is 2.39. The van der Waals surface area contributed by atoms with Gasteiger partial charge >= 0.3 is 0 Å². The molecule has 0 spiro atoms. The van der Waals surface area contributed by atoms with Crippen LogP contribution in [0.1, 0.15) is 36.6 Å². The summed E-state index contributed by atoms with van der Waals surface area (Å²) in [5.74, 6) is 0.944. The number of piperidine rings is 1. The van der Waals surface area contributed by atoms with Gasteiger partial charge in [-0.25, -0.2) is 14.4 Å². The Balaban J connectivity index is 1.32. The van der Waals surface area contributed by atoms with E-state index in [9.17, 15) is 4.79 Å². The Morgan fingerprint density at radius 1 is 1.28 bits per heavy atom. The Bertz CT molecular complexity index is 999. The molecule has 0 N–H and O–H groups in total. The van der Waals surface area contributed by atoms with E-state index in [4.69, 9.17) is 10.00 Å². The molecule has 0 unspecified atom stereocenters. The van der Waals surface area contributed by atoms with E-state index in [2.05, 4.69) is 9.97 Å². The van der Waals surface area contributed by atoms with E-state index in [1.165, 1.54) is 6.33 Å². The molecular weight excluding hydrogens is 373 g/mol. The Hall–Kier alpha value is -3.21. The molecular formula is C21H20FN5O2. The lowest BCUT2D eigenvalue weighted by Gasteiger charge is -2.39. The molecule has 0 aliphatic carbocycles. The predicted molar refractivity (Wildman–Crippen MR) is 102 cm³/mol. The number of alkyl halides is 1. The number of nitrogens with zero attached hydrogens (tertiary/aromatic N) is 5. The van der Waals surface area contributed by atoms with Crippen LogP contribution in [0.3, 0.4) is 0 Å². The second kappa shape index (κ2) is 6.69. The monoisotopic (exact) mass is 393 g/mol. The van der Waals surface area contributed by atoms with Gasteiger partial charge in [0.15, 0.2) is 5.67 Å². The summed E-state index contributed by atoms with van der Waals surface area (Å²) in [6.45, 7) is 1.14. The van der Waals surface area contributed by atoms with Gasteiger partial charge in [-0.2, -0.15) is 5.26 Å². The molecule has 4 heterocycles. The van der Waals surface area contributed by atoms with Crippen LogP contribution in [0.5, 0.6) is 5.75 Å². The number of hydrogen-bond donors (Lipinski definition) is 0. The fourth-order valence-corrected chi connectivity index (χ4v) is 4.59.